The van der Waals surface area contributed by atoms with Gasteiger partial charge in [-0.2, -0.15) is 0 Å². The van der Waals surface area contributed by atoms with Gasteiger partial charge in [-0.3, -0.25) is 0 Å². The Kier molecular flexibility index (Phi) is 4.21. The zero-order valence-electron chi connectivity index (χ0n) is 6.84. The SMILES string of the molecule is NC(=S)c1cccs1.c1ccoc1. The topological polar surface area (TPSA) is 39.2 Å². The molecule has 0 radical (unpaired) electrons. The van der Waals surface area contributed by atoms with Crippen LogP contribution in [0.2, 0.25) is 0 Å². The average Bonchev–Trinajstić information content (AvgIpc) is 2.82. The largest absolute Gasteiger partial charge is 0.473 e. The monoisotopic (exact) mass is 211 g/mol. The number of thiophene rings is 1. The van der Waals surface area contributed by atoms with Crippen LogP contribution in [0.5, 0.6) is 0 Å². The van der Waals surface area contributed by atoms with Gasteiger partial charge in [0.15, 0.2) is 0 Å². The van der Waals surface area contributed by atoms with E-state index in [0.29, 0.717) is 4.99 Å². The Morgan fingerprint density at radius 1 is 1.31 bits per heavy atom. The van der Waals surface area contributed by atoms with E-state index in [9.17, 15) is 0 Å². The minimum absolute atomic E-state index is 0.486. The van der Waals surface area contributed by atoms with Crippen LogP contribution in [0.3, 0.4) is 0 Å². The van der Waals surface area contributed by atoms with Gasteiger partial charge in [0.25, 0.3) is 0 Å². The highest BCUT2D eigenvalue weighted by Gasteiger charge is 1.91. The summed E-state index contributed by atoms with van der Waals surface area (Å²) in [5.74, 6) is 0. The molecule has 2 aromatic rings. The Bertz CT molecular complexity index is 309. The summed E-state index contributed by atoms with van der Waals surface area (Å²) in [4.78, 5) is 1.47. The summed E-state index contributed by atoms with van der Waals surface area (Å²) in [5, 5.41) is 1.95. The van der Waals surface area contributed by atoms with Crippen LogP contribution in [0.1, 0.15) is 4.88 Å². The normalized spacial score (nSPS) is 8.62. The zero-order valence-corrected chi connectivity index (χ0v) is 8.48. The summed E-state index contributed by atoms with van der Waals surface area (Å²) in [6.45, 7) is 0. The molecule has 2 heterocycles. The molecule has 0 aliphatic heterocycles. The van der Waals surface area contributed by atoms with Gasteiger partial charge in [-0.1, -0.05) is 18.3 Å². The van der Waals surface area contributed by atoms with Crippen molar-refractivity contribution in [3.05, 3.63) is 47.0 Å². The van der Waals surface area contributed by atoms with Crippen LogP contribution in [0.15, 0.2) is 46.6 Å². The second-order valence-electron chi connectivity index (χ2n) is 2.13. The van der Waals surface area contributed by atoms with Crippen molar-refractivity contribution in [1.82, 2.24) is 0 Å². The molecule has 0 spiro atoms. The van der Waals surface area contributed by atoms with Crippen molar-refractivity contribution in [2.45, 2.75) is 0 Å². The fourth-order valence-corrected chi connectivity index (χ4v) is 1.43. The number of rotatable bonds is 1. The fraction of sp³-hybridized carbons (Fsp3) is 0. The molecule has 2 nitrogen and oxygen atoms in total. The van der Waals surface area contributed by atoms with Crippen molar-refractivity contribution < 1.29 is 4.42 Å². The van der Waals surface area contributed by atoms with Crippen molar-refractivity contribution in [2.75, 3.05) is 0 Å². The van der Waals surface area contributed by atoms with E-state index in [0.717, 1.165) is 4.88 Å². The Morgan fingerprint density at radius 3 is 2.23 bits per heavy atom. The van der Waals surface area contributed by atoms with Gasteiger partial charge in [-0.05, 0) is 23.6 Å². The highest BCUT2D eigenvalue weighted by atomic mass is 32.1. The third-order valence-electron chi connectivity index (χ3n) is 1.19. The third-order valence-corrected chi connectivity index (χ3v) is 2.44. The molecule has 0 atom stereocenters. The third kappa shape index (κ3) is 3.87. The number of hydrogen-bond donors (Lipinski definition) is 1. The number of nitrogens with two attached hydrogens (primary N) is 1. The average molecular weight is 211 g/mol. The highest BCUT2D eigenvalue weighted by molar-refractivity contribution is 7.81. The highest BCUT2D eigenvalue weighted by Crippen LogP contribution is 2.06. The summed E-state index contributed by atoms with van der Waals surface area (Å²) in [5.41, 5.74) is 5.30. The van der Waals surface area contributed by atoms with Crippen LogP contribution in [-0.2, 0) is 0 Å². The van der Waals surface area contributed by atoms with Crippen LogP contribution in [-0.4, -0.2) is 4.99 Å². The molecule has 0 unspecified atom stereocenters. The Labute approximate surface area is 86.0 Å². The molecule has 0 aromatic carbocycles. The minimum Gasteiger partial charge on any atom is -0.473 e. The van der Waals surface area contributed by atoms with Gasteiger partial charge >= 0.3 is 0 Å². The second kappa shape index (κ2) is 5.50. The zero-order chi connectivity index (χ0) is 9.52. The number of furan rings is 1. The van der Waals surface area contributed by atoms with Gasteiger partial charge in [-0.25, -0.2) is 0 Å². The maximum Gasteiger partial charge on any atom is 0.114 e. The molecule has 0 fully saturated rings. The maximum absolute atomic E-state index is 5.30. The molecule has 0 aliphatic rings. The first-order valence-electron chi connectivity index (χ1n) is 3.61. The lowest BCUT2D eigenvalue weighted by atomic mass is 10.5. The fourth-order valence-electron chi connectivity index (χ4n) is 0.646. The molecule has 2 aromatic heterocycles. The van der Waals surface area contributed by atoms with Gasteiger partial charge in [0.1, 0.15) is 4.99 Å². The predicted molar refractivity (Wildman–Crippen MR) is 58.9 cm³/mol. The lowest BCUT2D eigenvalue weighted by molar-refractivity contribution is 0.567. The molecule has 0 bridgehead atoms. The first kappa shape index (κ1) is 9.95. The number of thiocarbonyl (C=S) groups is 1. The first-order chi connectivity index (χ1) is 6.30. The van der Waals surface area contributed by atoms with Crippen molar-refractivity contribution in [2.24, 2.45) is 5.73 Å². The van der Waals surface area contributed by atoms with Crippen LogP contribution in [0, 0.1) is 0 Å². The van der Waals surface area contributed by atoms with Crippen molar-refractivity contribution in [1.29, 1.82) is 0 Å². The molecule has 0 saturated heterocycles. The molecule has 4 heteroatoms. The molecule has 0 saturated carbocycles. The Hall–Kier alpha value is -1.13. The van der Waals surface area contributed by atoms with E-state index >= 15 is 0 Å². The van der Waals surface area contributed by atoms with E-state index in [-0.39, 0.29) is 0 Å². The molecule has 0 amide bonds. The molecule has 2 rings (SSSR count). The van der Waals surface area contributed by atoms with Crippen LogP contribution >= 0.6 is 23.6 Å². The van der Waals surface area contributed by atoms with Crippen molar-refractivity contribution in [3.8, 4) is 0 Å². The smallest absolute Gasteiger partial charge is 0.114 e. The van der Waals surface area contributed by atoms with Crippen LogP contribution in [0.25, 0.3) is 0 Å². The van der Waals surface area contributed by atoms with E-state index in [1.54, 1.807) is 23.9 Å². The molecule has 0 aliphatic carbocycles. The Balaban J connectivity index is 0.000000145. The minimum atomic E-state index is 0.486. The summed E-state index contributed by atoms with van der Waals surface area (Å²) in [7, 11) is 0. The summed E-state index contributed by atoms with van der Waals surface area (Å²) in [6, 6.07) is 7.51. The standard InChI is InChI=1S/C5H5NS2.C4H4O/c6-5(7)4-2-1-3-8-4;1-2-4-5-3-1/h1-3H,(H2,6,7);1-4H. The van der Waals surface area contributed by atoms with Crippen molar-refractivity contribution >= 4 is 28.5 Å². The lowest BCUT2D eigenvalue weighted by Gasteiger charge is -1.84. The van der Waals surface area contributed by atoms with Gasteiger partial charge in [-0.15, -0.1) is 11.3 Å². The van der Waals surface area contributed by atoms with Gasteiger partial charge in [0.05, 0.1) is 17.4 Å². The molecule has 13 heavy (non-hydrogen) atoms. The molecule has 68 valence electrons. The van der Waals surface area contributed by atoms with E-state index in [4.69, 9.17) is 18.0 Å². The molecular weight excluding hydrogens is 202 g/mol. The van der Waals surface area contributed by atoms with Crippen molar-refractivity contribution in [3.63, 3.8) is 0 Å². The quantitative estimate of drug-likeness (QED) is 0.737. The molecular formula is C9H9NOS2. The molecule has 2 N–H and O–H groups in total. The lowest BCUT2D eigenvalue weighted by Crippen LogP contribution is -2.06. The van der Waals surface area contributed by atoms with E-state index in [1.165, 1.54) is 0 Å². The van der Waals surface area contributed by atoms with Crippen LogP contribution < -0.4 is 5.73 Å². The predicted octanol–water partition coefficient (Wildman–Crippen LogP) is 2.66. The van der Waals surface area contributed by atoms with E-state index in [2.05, 4.69) is 4.42 Å². The second-order valence-corrected chi connectivity index (χ2v) is 3.52. The van der Waals surface area contributed by atoms with Gasteiger partial charge in [0, 0.05) is 0 Å². The summed E-state index contributed by atoms with van der Waals surface area (Å²) in [6.07, 6.45) is 3.25. The van der Waals surface area contributed by atoms with Crippen LogP contribution in [0.4, 0.5) is 0 Å². The Morgan fingerprint density at radius 2 is 2.00 bits per heavy atom. The summed E-state index contributed by atoms with van der Waals surface area (Å²) < 4.78 is 4.58. The maximum atomic E-state index is 5.30. The summed E-state index contributed by atoms with van der Waals surface area (Å²) >= 11 is 6.27. The van der Waals surface area contributed by atoms with Gasteiger partial charge in [0.2, 0.25) is 0 Å². The van der Waals surface area contributed by atoms with Gasteiger partial charge < -0.3 is 10.2 Å². The number of hydrogen-bond acceptors (Lipinski definition) is 3. The van der Waals surface area contributed by atoms with E-state index < -0.39 is 0 Å². The van der Waals surface area contributed by atoms with E-state index in [1.807, 2.05) is 29.6 Å². The first-order valence-corrected chi connectivity index (χ1v) is 4.90.